The fourth-order valence-electron chi connectivity index (χ4n) is 2.00. The Morgan fingerprint density at radius 3 is 2.33 bits per heavy atom. The Morgan fingerprint density at radius 1 is 1.14 bits per heavy atom. The van der Waals surface area contributed by atoms with Gasteiger partial charge in [-0.2, -0.15) is 0 Å². The van der Waals surface area contributed by atoms with E-state index in [9.17, 15) is 4.79 Å². The fraction of sp³-hybridized carbons (Fsp3) is 0.188. The van der Waals surface area contributed by atoms with E-state index >= 15 is 0 Å². The lowest BCUT2D eigenvalue weighted by Crippen LogP contribution is -2.29. The van der Waals surface area contributed by atoms with Gasteiger partial charge >= 0.3 is 0 Å². The van der Waals surface area contributed by atoms with E-state index in [1.54, 1.807) is 30.1 Å². The third-order valence-electron chi connectivity index (χ3n) is 3.50. The van der Waals surface area contributed by atoms with Crippen LogP contribution in [0.1, 0.15) is 28.9 Å². The van der Waals surface area contributed by atoms with Gasteiger partial charge in [-0.3, -0.25) is 4.79 Å². The summed E-state index contributed by atoms with van der Waals surface area (Å²) < 4.78 is 0. The summed E-state index contributed by atoms with van der Waals surface area (Å²) in [5, 5.41) is 1.05. The zero-order valence-corrected chi connectivity index (χ0v) is 13.3. The molecule has 0 aliphatic carbocycles. The molecule has 0 radical (unpaired) electrons. The molecule has 0 aliphatic heterocycles. The summed E-state index contributed by atoms with van der Waals surface area (Å²) in [7, 11) is 1.76. The van der Waals surface area contributed by atoms with E-state index in [0.717, 1.165) is 5.56 Å². The molecule has 2 N–H and O–H groups in total. The van der Waals surface area contributed by atoms with Crippen molar-refractivity contribution < 1.29 is 4.79 Å². The molecule has 1 atom stereocenters. The van der Waals surface area contributed by atoms with Crippen LogP contribution in [0.25, 0.3) is 0 Å². The molecular weight excluding hydrogens is 307 g/mol. The first kappa shape index (κ1) is 15.7. The maximum atomic E-state index is 12.5. The number of amides is 1. The lowest BCUT2D eigenvalue weighted by Gasteiger charge is -2.25. The monoisotopic (exact) mass is 322 g/mol. The number of hydrogen-bond acceptors (Lipinski definition) is 2. The van der Waals surface area contributed by atoms with Crippen LogP contribution < -0.4 is 5.73 Å². The van der Waals surface area contributed by atoms with E-state index in [1.165, 1.54) is 0 Å². The van der Waals surface area contributed by atoms with Gasteiger partial charge in [0.15, 0.2) is 0 Å². The van der Waals surface area contributed by atoms with Crippen molar-refractivity contribution in [2.24, 2.45) is 0 Å². The van der Waals surface area contributed by atoms with Crippen LogP contribution in [0.5, 0.6) is 0 Å². The van der Waals surface area contributed by atoms with Gasteiger partial charge in [0.1, 0.15) is 0 Å². The van der Waals surface area contributed by atoms with E-state index in [0.29, 0.717) is 21.3 Å². The molecule has 0 spiro atoms. The van der Waals surface area contributed by atoms with Crippen molar-refractivity contribution in [3.05, 3.63) is 63.6 Å². The average molecular weight is 323 g/mol. The predicted octanol–water partition coefficient (Wildman–Crippen LogP) is 4.41. The second kappa shape index (κ2) is 6.37. The fourth-order valence-corrected chi connectivity index (χ4v) is 2.31. The van der Waals surface area contributed by atoms with E-state index < -0.39 is 0 Å². The van der Waals surface area contributed by atoms with Crippen LogP contribution in [-0.2, 0) is 0 Å². The third-order valence-corrected chi connectivity index (χ3v) is 4.08. The van der Waals surface area contributed by atoms with Crippen molar-refractivity contribution in [1.82, 2.24) is 4.90 Å². The molecule has 0 fully saturated rings. The topological polar surface area (TPSA) is 46.3 Å². The second-order valence-electron chi connectivity index (χ2n) is 4.88. The molecule has 0 heterocycles. The lowest BCUT2D eigenvalue weighted by molar-refractivity contribution is 0.0742. The SMILES string of the molecule is CC(c1ccc(Cl)cc1)N(C)C(=O)c1ccc(N)c(Cl)c1. The second-order valence-corrected chi connectivity index (χ2v) is 5.72. The number of carbonyl (C=O) groups excluding carboxylic acids is 1. The van der Waals surface area contributed by atoms with Gasteiger partial charge in [-0.25, -0.2) is 0 Å². The zero-order valence-electron chi connectivity index (χ0n) is 11.8. The zero-order chi connectivity index (χ0) is 15.6. The molecule has 2 rings (SSSR count). The van der Waals surface area contributed by atoms with Crippen molar-refractivity contribution in [2.75, 3.05) is 12.8 Å². The summed E-state index contributed by atoms with van der Waals surface area (Å²) in [5.41, 5.74) is 7.64. The largest absolute Gasteiger partial charge is 0.398 e. The van der Waals surface area contributed by atoms with Gasteiger partial charge in [0.05, 0.1) is 16.8 Å². The summed E-state index contributed by atoms with van der Waals surface area (Å²) >= 11 is 11.8. The van der Waals surface area contributed by atoms with Crippen LogP contribution in [0.3, 0.4) is 0 Å². The van der Waals surface area contributed by atoms with E-state index in [4.69, 9.17) is 28.9 Å². The molecule has 21 heavy (non-hydrogen) atoms. The Labute approximate surface area is 134 Å². The Morgan fingerprint density at radius 2 is 1.76 bits per heavy atom. The molecule has 0 bridgehead atoms. The van der Waals surface area contributed by atoms with Gasteiger partial charge < -0.3 is 10.6 Å². The van der Waals surface area contributed by atoms with Crippen LogP contribution in [0.15, 0.2) is 42.5 Å². The van der Waals surface area contributed by atoms with Crippen molar-refractivity contribution >= 4 is 34.8 Å². The molecule has 3 nitrogen and oxygen atoms in total. The van der Waals surface area contributed by atoms with E-state index in [1.807, 2.05) is 31.2 Å². The minimum absolute atomic E-state index is 0.0777. The number of nitrogen functional groups attached to an aromatic ring is 1. The minimum Gasteiger partial charge on any atom is -0.398 e. The molecule has 0 saturated heterocycles. The van der Waals surface area contributed by atoms with Gasteiger partial charge in [-0.05, 0) is 42.8 Å². The predicted molar refractivity (Wildman–Crippen MR) is 87.8 cm³/mol. The molecule has 2 aromatic carbocycles. The Hall–Kier alpha value is -1.71. The molecular formula is C16H16Cl2N2O. The highest BCUT2D eigenvalue weighted by molar-refractivity contribution is 6.33. The van der Waals surface area contributed by atoms with Crippen LogP contribution in [0, 0.1) is 0 Å². The number of anilines is 1. The van der Waals surface area contributed by atoms with Gasteiger partial charge in [-0.15, -0.1) is 0 Å². The highest BCUT2D eigenvalue weighted by atomic mass is 35.5. The molecule has 110 valence electrons. The molecule has 2 aromatic rings. The number of nitrogens with zero attached hydrogens (tertiary/aromatic N) is 1. The Bertz CT molecular complexity index is 656. The van der Waals surface area contributed by atoms with Gasteiger partial charge in [-0.1, -0.05) is 35.3 Å². The summed E-state index contributed by atoms with van der Waals surface area (Å²) in [6.07, 6.45) is 0. The molecule has 1 amide bonds. The van der Waals surface area contributed by atoms with Crippen molar-refractivity contribution in [3.63, 3.8) is 0 Å². The lowest BCUT2D eigenvalue weighted by atomic mass is 10.1. The first-order chi connectivity index (χ1) is 9.90. The number of nitrogens with two attached hydrogens (primary N) is 1. The van der Waals surface area contributed by atoms with Crippen molar-refractivity contribution in [2.45, 2.75) is 13.0 Å². The number of rotatable bonds is 3. The summed E-state index contributed by atoms with van der Waals surface area (Å²) in [5.74, 6) is -0.112. The molecule has 0 aliphatic rings. The van der Waals surface area contributed by atoms with Crippen molar-refractivity contribution in [3.8, 4) is 0 Å². The number of hydrogen-bond donors (Lipinski definition) is 1. The molecule has 1 unspecified atom stereocenters. The first-order valence-corrected chi connectivity index (χ1v) is 7.23. The van der Waals surface area contributed by atoms with Gasteiger partial charge in [0.25, 0.3) is 5.91 Å². The average Bonchev–Trinajstić information content (AvgIpc) is 2.48. The molecule has 5 heteroatoms. The van der Waals surface area contributed by atoms with E-state index in [2.05, 4.69) is 0 Å². The van der Waals surface area contributed by atoms with Gasteiger partial charge in [0.2, 0.25) is 0 Å². The highest BCUT2D eigenvalue weighted by Crippen LogP contribution is 2.25. The van der Waals surface area contributed by atoms with Crippen LogP contribution >= 0.6 is 23.2 Å². The maximum Gasteiger partial charge on any atom is 0.254 e. The van der Waals surface area contributed by atoms with Crippen LogP contribution in [0.4, 0.5) is 5.69 Å². The maximum absolute atomic E-state index is 12.5. The van der Waals surface area contributed by atoms with E-state index in [-0.39, 0.29) is 11.9 Å². The standard InChI is InChI=1S/C16H16Cl2N2O/c1-10(11-3-6-13(17)7-4-11)20(2)16(21)12-5-8-15(19)14(18)9-12/h3-10H,19H2,1-2H3. The summed E-state index contributed by atoms with van der Waals surface area (Å²) in [6, 6.07) is 12.3. The number of benzene rings is 2. The van der Waals surface area contributed by atoms with Gasteiger partial charge in [0, 0.05) is 17.6 Å². The molecule has 0 saturated carbocycles. The minimum atomic E-state index is -0.112. The number of halogens is 2. The molecule has 0 aromatic heterocycles. The smallest absolute Gasteiger partial charge is 0.254 e. The van der Waals surface area contributed by atoms with Crippen molar-refractivity contribution in [1.29, 1.82) is 0 Å². The van der Waals surface area contributed by atoms with Crippen LogP contribution in [0.2, 0.25) is 10.0 Å². The normalized spacial score (nSPS) is 12.0. The first-order valence-electron chi connectivity index (χ1n) is 6.48. The van der Waals surface area contributed by atoms with Crippen LogP contribution in [-0.4, -0.2) is 17.9 Å². The Balaban J connectivity index is 2.21. The number of carbonyl (C=O) groups is 1. The summed E-state index contributed by atoms with van der Waals surface area (Å²) in [4.78, 5) is 14.1. The Kier molecular flexibility index (Phi) is 4.76. The quantitative estimate of drug-likeness (QED) is 0.851. The summed E-state index contributed by atoms with van der Waals surface area (Å²) in [6.45, 7) is 1.96. The highest BCUT2D eigenvalue weighted by Gasteiger charge is 2.19. The third kappa shape index (κ3) is 3.49.